The maximum atomic E-state index is 12.4. The van der Waals surface area contributed by atoms with E-state index in [1.165, 1.54) is 6.92 Å². The zero-order chi connectivity index (χ0) is 18.1. The van der Waals surface area contributed by atoms with Gasteiger partial charge in [0.2, 0.25) is 11.8 Å². The first-order valence-electron chi connectivity index (χ1n) is 8.55. The molecule has 1 heterocycles. The molecule has 2 N–H and O–H groups in total. The van der Waals surface area contributed by atoms with Crippen molar-refractivity contribution in [1.29, 1.82) is 0 Å². The highest BCUT2D eigenvalue weighted by Gasteiger charge is 2.40. The first-order valence-corrected chi connectivity index (χ1v) is 8.55. The molecule has 1 aromatic carbocycles. The molecule has 0 aliphatic carbocycles. The summed E-state index contributed by atoms with van der Waals surface area (Å²) in [6.45, 7) is 11.6. The second-order valence-corrected chi connectivity index (χ2v) is 6.96. The van der Waals surface area contributed by atoms with Crippen LogP contribution < -0.4 is 10.7 Å². The molecule has 1 atom stereocenters. The van der Waals surface area contributed by atoms with Crippen molar-refractivity contribution in [2.45, 2.75) is 65.7 Å². The van der Waals surface area contributed by atoms with Gasteiger partial charge >= 0.3 is 0 Å². The first kappa shape index (κ1) is 18.2. The monoisotopic (exact) mass is 329 g/mol. The molecule has 1 unspecified atom stereocenters. The Morgan fingerprint density at radius 3 is 2.54 bits per heavy atom. The van der Waals surface area contributed by atoms with Gasteiger partial charge in [0.25, 0.3) is 0 Å². The van der Waals surface area contributed by atoms with Crippen LogP contribution in [-0.2, 0) is 15.0 Å². The summed E-state index contributed by atoms with van der Waals surface area (Å²) in [4.78, 5) is 23.6. The van der Waals surface area contributed by atoms with Gasteiger partial charge in [0, 0.05) is 12.6 Å². The standard InChI is InChI=1S/C19H27N3O2/c1-7-11(3)14-9-13(16(8-2)22-21-12(4)23)10-15-17(14)20-18(24)19(15,5)6/h9-11H,7-8H2,1-6H3,(H,20,24)(H,21,23)/b22-16+. The van der Waals surface area contributed by atoms with Crippen LogP contribution in [0.2, 0.25) is 0 Å². The average molecular weight is 329 g/mol. The number of hydrazone groups is 1. The summed E-state index contributed by atoms with van der Waals surface area (Å²) < 4.78 is 0. The largest absolute Gasteiger partial charge is 0.325 e. The Labute approximate surface area is 143 Å². The summed E-state index contributed by atoms with van der Waals surface area (Å²) in [6, 6.07) is 4.13. The van der Waals surface area contributed by atoms with Crippen LogP contribution in [0.5, 0.6) is 0 Å². The van der Waals surface area contributed by atoms with Gasteiger partial charge in [0.15, 0.2) is 0 Å². The maximum Gasteiger partial charge on any atom is 0.236 e. The van der Waals surface area contributed by atoms with Crippen LogP contribution in [0.3, 0.4) is 0 Å². The fourth-order valence-electron chi connectivity index (χ4n) is 2.96. The maximum absolute atomic E-state index is 12.4. The summed E-state index contributed by atoms with van der Waals surface area (Å²) in [5, 5.41) is 7.30. The van der Waals surface area contributed by atoms with Gasteiger partial charge in [-0.05, 0) is 61.4 Å². The normalized spacial score (nSPS) is 17.2. The molecule has 2 amide bonds. The number of anilines is 1. The van der Waals surface area contributed by atoms with Gasteiger partial charge in [-0.25, -0.2) is 5.43 Å². The van der Waals surface area contributed by atoms with Crippen LogP contribution in [-0.4, -0.2) is 17.5 Å². The summed E-state index contributed by atoms with van der Waals surface area (Å²) in [7, 11) is 0. The van der Waals surface area contributed by atoms with Crippen LogP contribution in [0.15, 0.2) is 17.2 Å². The molecular formula is C19H27N3O2. The third-order valence-electron chi connectivity index (χ3n) is 4.81. The van der Waals surface area contributed by atoms with E-state index in [-0.39, 0.29) is 11.8 Å². The fraction of sp³-hybridized carbons (Fsp3) is 0.526. The van der Waals surface area contributed by atoms with E-state index >= 15 is 0 Å². The van der Waals surface area contributed by atoms with Crippen molar-refractivity contribution in [3.05, 3.63) is 28.8 Å². The minimum atomic E-state index is -0.569. The lowest BCUT2D eigenvalue weighted by Gasteiger charge is -2.20. The van der Waals surface area contributed by atoms with E-state index in [9.17, 15) is 9.59 Å². The number of amides is 2. The van der Waals surface area contributed by atoms with Crippen LogP contribution in [0.25, 0.3) is 0 Å². The average Bonchev–Trinajstić information content (AvgIpc) is 2.76. The molecule has 0 spiro atoms. The number of rotatable bonds is 5. The molecule has 1 aliphatic rings. The Morgan fingerprint density at radius 2 is 2.00 bits per heavy atom. The molecule has 0 radical (unpaired) electrons. The Hall–Kier alpha value is -2.17. The lowest BCUT2D eigenvalue weighted by atomic mass is 9.82. The number of hydrogen-bond donors (Lipinski definition) is 2. The Kier molecular flexibility index (Phi) is 5.11. The first-order chi connectivity index (χ1) is 11.2. The zero-order valence-corrected chi connectivity index (χ0v) is 15.4. The molecule has 0 aromatic heterocycles. The molecule has 1 aliphatic heterocycles. The van der Waals surface area contributed by atoms with Gasteiger partial charge in [-0.2, -0.15) is 5.10 Å². The Bertz CT molecular complexity index is 705. The van der Waals surface area contributed by atoms with Crippen molar-refractivity contribution >= 4 is 23.2 Å². The van der Waals surface area contributed by atoms with Crippen molar-refractivity contribution < 1.29 is 9.59 Å². The summed E-state index contributed by atoms with van der Waals surface area (Å²) >= 11 is 0. The lowest BCUT2D eigenvalue weighted by Crippen LogP contribution is -2.27. The number of hydrogen-bond acceptors (Lipinski definition) is 3. The van der Waals surface area contributed by atoms with E-state index in [2.05, 4.69) is 35.8 Å². The molecule has 0 bridgehead atoms. The molecule has 0 fully saturated rings. The number of nitrogens with zero attached hydrogens (tertiary/aromatic N) is 1. The molecule has 0 saturated carbocycles. The number of carbonyl (C=O) groups excluding carboxylic acids is 2. The predicted molar refractivity (Wildman–Crippen MR) is 97.4 cm³/mol. The highest BCUT2D eigenvalue weighted by Crippen LogP contribution is 2.43. The quantitative estimate of drug-likeness (QED) is 0.639. The van der Waals surface area contributed by atoms with Gasteiger partial charge in [0.05, 0.1) is 11.1 Å². The molecule has 5 heteroatoms. The lowest BCUT2D eigenvalue weighted by molar-refractivity contribution is -0.120. The van der Waals surface area contributed by atoms with E-state index in [1.54, 1.807) is 0 Å². The van der Waals surface area contributed by atoms with Crippen molar-refractivity contribution in [2.75, 3.05) is 5.32 Å². The number of carbonyl (C=O) groups is 2. The third kappa shape index (κ3) is 3.21. The minimum Gasteiger partial charge on any atom is -0.325 e. The van der Waals surface area contributed by atoms with Crippen LogP contribution >= 0.6 is 0 Å². The Balaban J connectivity index is 2.63. The molecule has 5 nitrogen and oxygen atoms in total. The van der Waals surface area contributed by atoms with Crippen LogP contribution in [0.4, 0.5) is 5.69 Å². The highest BCUT2D eigenvalue weighted by molar-refractivity contribution is 6.09. The van der Waals surface area contributed by atoms with Gasteiger partial charge in [0.1, 0.15) is 0 Å². The number of nitrogens with one attached hydrogen (secondary N) is 2. The fourth-order valence-corrected chi connectivity index (χ4v) is 2.96. The molecule has 2 rings (SSSR count). The minimum absolute atomic E-state index is 0.0241. The van der Waals surface area contributed by atoms with Gasteiger partial charge in [-0.1, -0.05) is 20.8 Å². The molecule has 130 valence electrons. The second kappa shape index (κ2) is 6.75. The van der Waals surface area contributed by atoms with Crippen molar-refractivity contribution in [1.82, 2.24) is 5.43 Å². The van der Waals surface area contributed by atoms with Crippen molar-refractivity contribution in [2.24, 2.45) is 5.10 Å². The smallest absolute Gasteiger partial charge is 0.236 e. The van der Waals surface area contributed by atoms with Crippen LogP contribution in [0, 0.1) is 0 Å². The highest BCUT2D eigenvalue weighted by atomic mass is 16.2. The molecule has 24 heavy (non-hydrogen) atoms. The molecular weight excluding hydrogens is 302 g/mol. The second-order valence-electron chi connectivity index (χ2n) is 6.96. The van der Waals surface area contributed by atoms with E-state index in [0.717, 1.165) is 34.5 Å². The van der Waals surface area contributed by atoms with Gasteiger partial charge in [-0.3, -0.25) is 9.59 Å². The van der Waals surface area contributed by atoms with Crippen molar-refractivity contribution in [3.63, 3.8) is 0 Å². The number of benzene rings is 1. The summed E-state index contributed by atoms with van der Waals surface area (Å²) in [5.74, 6) is 0.157. The topological polar surface area (TPSA) is 70.6 Å². The van der Waals surface area contributed by atoms with Crippen LogP contribution in [0.1, 0.15) is 77.0 Å². The van der Waals surface area contributed by atoms with Gasteiger partial charge in [-0.15, -0.1) is 0 Å². The molecule has 0 saturated heterocycles. The van der Waals surface area contributed by atoms with Crippen molar-refractivity contribution in [3.8, 4) is 0 Å². The number of fused-ring (bicyclic) bond motifs is 1. The summed E-state index contributed by atoms with van der Waals surface area (Å²) in [6.07, 6.45) is 1.68. The molecule has 1 aromatic rings. The zero-order valence-electron chi connectivity index (χ0n) is 15.4. The SMILES string of the molecule is CC/C(=N\NC(C)=O)c1cc(C(C)CC)c2c(c1)C(C)(C)C(=O)N2. The van der Waals surface area contributed by atoms with E-state index in [1.807, 2.05) is 26.8 Å². The predicted octanol–water partition coefficient (Wildman–Crippen LogP) is 3.68. The van der Waals surface area contributed by atoms with E-state index in [0.29, 0.717) is 12.3 Å². The Morgan fingerprint density at radius 1 is 1.33 bits per heavy atom. The van der Waals surface area contributed by atoms with E-state index in [4.69, 9.17) is 0 Å². The third-order valence-corrected chi connectivity index (χ3v) is 4.81. The van der Waals surface area contributed by atoms with E-state index < -0.39 is 5.41 Å². The van der Waals surface area contributed by atoms with Gasteiger partial charge < -0.3 is 5.32 Å². The summed E-state index contributed by atoms with van der Waals surface area (Å²) in [5.41, 5.74) is 6.81.